The zero-order valence-electron chi connectivity index (χ0n) is 10.3. The quantitative estimate of drug-likeness (QED) is 0.553. The van der Waals surface area contributed by atoms with Gasteiger partial charge in [-0.25, -0.2) is 4.99 Å². The summed E-state index contributed by atoms with van der Waals surface area (Å²) in [4.78, 5) is 6.27. The number of aromatic nitrogens is 2. The summed E-state index contributed by atoms with van der Waals surface area (Å²) in [6, 6.07) is 1.96. The number of nitrogens with zero attached hydrogens (tertiary/aromatic N) is 3. The highest BCUT2D eigenvalue weighted by atomic mass is 15.2. The number of hydrogen-bond donors (Lipinski definition) is 3. The Morgan fingerprint density at radius 1 is 1.56 bits per heavy atom. The zero-order valence-corrected chi connectivity index (χ0v) is 10.3. The van der Waals surface area contributed by atoms with E-state index in [0.29, 0.717) is 29.8 Å². The van der Waals surface area contributed by atoms with Crippen LogP contribution in [0.4, 0.5) is 5.82 Å². The molecule has 4 N–H and O–H groups in total. The van der Waals surface area contributed by atoms with Crippen LogP contribution in [-0.4, -0.2) is 39.9 Å². The van der Waals surface area contributed by atoms with Crippen LogP contribution < -0.4 is 5.73 Å². The van der Waals surface area contributed by atoms with E-state index in [1.54, 1.807) is 0 Å². The van der Waals surface area contributed by atoms with Crippen LogP contribution in [0.1, 0.15) is 37.3 Å². The Hall–Kier alpha value is -1.85. The lowest BCUT2D eigenvalue weighted by Gasteiger charge is -2.33. The van der Waals surface area contributed by atoms with Crippen LogP contribution in [0.5, 0.6) is 0 Å². The summed E-state index contributed by atoms with van der Waals surface area (Å²) in [6.45, 7) is 1.95. The summed E-state index contributed by atoms with van der Waals surface area (Å²) >= 11 is 0. The van der Waals surface area contributed by atoms with Crippen LogP contribution in [0.15, 0.2) is 11.1 Å². The Morgan fingerprint density at radius 2 is 2.33 bits per heavy atom. The standard InChI is InChI=1S/C12H18N6/c13-10(7-11(14)18-4-1-5-18)15-12-6-9(16-17-12)8-2-3-8/h6,8,14H,1-5,7H2,(H3,13,15,16,17). The third-order valence-electron chi connectivity index (χ3n) is 3.45. The van der Waals surface area contributed by atoms with E-state index in [9.17, 15) is 0 Å². The average molecular weight is 246 g/mol. The Morgan fingerprint density at radius 3 is 2.94 bits per heavy atom. The molecule has 0 bridgehead atoms. The second-order valence-corrected chi connectivity index (χ2v) is 5.02. The molecule has 6 heteroatoms. The lowest BCUT2D eigenvalue weighted by molar-refractivity contribution is 0.294. The molecule has 18 heavy (non-hydrogen) atoms. The van der Waals surface area contributed by atoms with Crippen LogP contribution in [0.2, 0.25) is 0 Å². The molecular weight excluding hydrogens is 228 g/mol. The number of amidine groups is 2. The minimum Gasteiger partial charge on any atom is -0.387 e. The van der Waals surface area contributed by atoms with Gasteiger partial charge in [0.15, 0.2) is 5.82 Å². The molecule has 6 nitrogen and oxygen atoms in total. The summed E-state index contributed by atoms with van der Waals surface area (Å²) in [7, 11) is 0. The number of aliphatic imine (C=N–C) groups is 1. The molecule has 1 saturated heterocycles. The number of H-pyrrole nitrogens is 1. The van der Waals surface area contributed by atoms with E-state index in [4.69, 9.17) is 11.1 Å². The van der Waals surface area contributed by atoms with Gasteiger partial charge in [-0.3, -0.25) is 10.5 Å². The molecule has 2 heterocycles. The Kier molecular flexibility index (Phi) is 2.77. The van der Waals surface area contributed by atoms with Crippen LogP contribution in [0, 0.1) is 5.41 Å². The van der Waals surface area contributed by atoms with E-state index in [1.807, 2.05) is 11.0 Å². The minimum absolute atomic E-state index is 0.408. The van der Waals surface area contributed by atoms with Gasteiger partial charge in [-0.05, 0) is 19.3 Å². The summed E-state index contributed by atoms with van der Waals surface area (Å²) < 4.78 is 0. The lowest BCUT2D eigenvalue weighted by Crippen LogP contribution is -2.43. The third-order valence-corrected chi connectivity index (χ3v) is 3.45. The summed E-state index contributed by atoms with van der Waals surface area (Å²) in [6.07, 6.45) is 4.05. The summed E-state index contributed by atoms with van der Waals surface area (Å²) in [5.41, 5.74) is 7.01. The van der Waals surface area contributed by atoms with Crippen molar-refractivity contribution < 1.29 is 0 Å². The molecule has 1 aromatic rings. The first-order chi connectivity index (χ1) is 8.72. The molecular formula is C12H18N6. The molecule has 1 aromatic heterocycles. The molecule has 2 aliphatic rings. The van der Waals surface area contributed by atoms with Gasteiger partial charge in [0.1, 0.15) is 11.7 Å². The van der Waals surface area contributed by atoms with Crippen molar-refractivity contribution in [3.05, 3.63) is 11.8 Å². The molecule has 0 unspecified atom stereocenters. The zero-order chi connectivity index (χ0) is 12.5. The summed E-state index contributed by atoms with van der Waals surface area (Å²) in [5.74, 6) is 2.29. The van der Waals surface area contributed by atoms with Crippen molar-refractivity contribution in [3.8, 4) is 0 Å². The first kappa shape index (κ1) is 11.3. The van der Waals surface area contributed by atoms with Gasteiger partial charge in [-0.2, -0.15) is 5.10 Å². The first-order valence-corrected chi connectivity index (χ1v) is 6.43. The second kappa shape index (κ2) is 4.44. The normalized spacial score (nSPS) is 19.8. The molecule has 2 fully saturated rings. The topological polar surface area (TPSA) is 94.2 Å². The molecule has 0 aromatic carbocycles. The van der Waals surface area contributed by atoms with Crippen LogP contribution >= 0.6 is 0 Å². The highest BCUT2D eigenvalue weighted by molar-refractivity contribution is 6.01. The van der Waals surface area contributed by atoms with Gasteiger partial charge in [0.25, 0.3) is 0 Å². The molecule has 96 valence electrons. The fourth-order valence-electron chi connectivity index (χ4n) is 2.04. The molecule has 3 rings (SSSR count). The first-order valence-electron chi connectivity index (χ1n) is 6.43. The Balaban J connectivity index is 1.60. The van der Waals surface area contributed by atoms with E-state index in [0.717, 1.165) is 18.8 Å². The number of likely N-dealkylation sites (tertiary alicyclic amines) is 1. The van der Waals surface area contributed by atoms with Crippen LogP contribution in [0.25, 0.3) is 0 Å². The van der Waals surface area contributed by atoms with Crippen molar-refractivity contribution in [2.24, 2.45) is 10.7 Å². The van der Waals surface area contributed by atoms with Gasteiger partial charge in [0.2, 0.25) is 0 Å². The van der Waals surface area contributed by atoms with E-state index in [1.165, 1.54) is 19.3 Å². The maximum Gasteiger partial charge on any atom is 0.175 e. The lowest BCUT2D eigenvalue weighted by atomic mass is 10.2. The molecule has 1 aliphatic carbocycles. The van der Waals surface area contributed by atoms with Crippen LogP contribution in [0.3, 0.4) is 0 Å². The second-order valence-electron chi connectivity index (χ2n) is 5.02. The fourth-order valence-corrected chi connectivity index (χ4v) is 2.04. The van der Waals surface area contributed by atoms with Crippen molar-refractivity contribution >= 4 is 17.5 Å². The molecule has 0 spiro atoms. The van der Waals surface area contributed by atoms with Crippen molar-refractivity contribution in [2.75, 3.05) is 13.1 Å². The molecule has 0 radical (unpaired) electrons. The maximum atomic E-state index is 7.86. The minimum atomic E-state index is 0.408. The number of aromatic amines is 1. The molecule has 1 aliphatic heterocycles. The molecule has 1 saturated carbocycles. The van der Waals surface area contributed by atoms with Crippen molar-refractivity contribution in [1.29, 1.82) is 5.41 Å². The molecule has 0 amide bonds. The van der Waals surface area contributed by atoms with Gasteiger partial charge in [0.05, 0.1) is 6.42 Å². The highest BCUT2D eigenvalue weighted by Gasteiger charge is 2.25. The van der Waals surface area contributed by atoms with Crippen molar-refractivity contribution in [2.45, 2.75) is 31.6 Å². The van der Waals surface area contributed by atoms with Crippen molar-refractivity contribution in [1.82, 2.24) is 15.1 Å². The third kappa shape index (κ3) is 2.37. The van der Waals surface area contributed by atoms with Gasteiger partial charge in [0, 0.05) is 30.8 Å². The number of nitrogens with two attached hydrogens (primary N) is 1. The van der Waals surface area contributed by atoms with Crippen molar-refractivity contribution in [3.63, 3.8) is 0 Å². The van der Waals surface area contributed by atoms with Gasteiger partial charge < -0.3 is 10.6 Å². The fraction of sp³-hybridized carbons (Fsp3) is 0.583. The monoisotopic (exact) mass is 246 g/mol. The van der Waals surface area contributed by atoms with E-state index >= 15 is 0 Å². The van der Waals surface area contributed by atoms with Crippen LogP contribution in [-0.2, 0) is 0 Å². The van der Waals surface area contributed by atoms with Gasteiger partial charge in [-0.1, -0.05) is 0 Å². The summed E-state index contributed by atoms with van der Waals surface area (Å²) in [5, 5.41) is 15.0. The van der Waals surface area contributed by atoms with E-state index < -0.39 is 0 Å². The van der Waals surface area contributed by atoms with E-state index in [2.05, 4.69) is 15.2 Å². The van der Waals surface area contributed by atoms with E-state index in [-0.39, 0.29) is 0 Å². The maximum absolute atomic E-state index is 7.86. The number of rotatable bonds is 4. The number of nitrogens with one attached hydrogen (secondary N) is 2. The smallest absolute Gasteiger partial charge is 0.175 e. The highest BCUT2D eigenvalue weighted by Crippen LogP contribution is 2.39. The average Bonchev–Trinajstić information content (AvgIpc) is 2.97. The Labute approximate surface area is 106 Å². The molecule has 0 atom stereocenters. The number of hydrogen-bond acceptors (Lipinski definition) is 3. The Bertz CT molecular complexity index is 481. The SMILES string of the molecule is N=C(CC(N)=Nc1cc(C2CC2)[nH]n1)N1CCC1. The predicted octanol–water partition coefficient (Wildman–Crippen LogP) is 1.35. The van der Waals surface area contributed by atoms with Gasteiger partial charge in [-0.15, -0.1) is 0 Å². The predicted molar refractivity (Wildman–Crippen MR) is 70.4 cm³/mol. The largest absolute Gasteiger partial charge is 0.387 e. The van der Waals surface area contributed by atoms with Gasteiger partial charge >= 0.3 is 0 Å².